The van der Waals surface area contributed by atoms with E-state index in [0.717, 1.165) is 21.9 Å². The lowest BCUT2D eigenvalue weighted by atomic mass is 9.80. The van der Waals surface area contributed by atoms with E-state index in [0.29, 0.717) is 33.0 Å². The number of methoxy groups -OCH3 is 2. The lowest BCUT2D eigenvalue weighted by Gasteiger charge is -2.29. The van der Waals surface area contributed by atoms with E-state index in [1.165, 1.54) is 0 Å². The van der Waals surface area contributed by atoms with E-state index in [4.69, 9.17) is 25.7 Å². The van der Waals surface area contributed by atoms with Crippen molar-refractivity contribution >= 4 is 32.4 Å². The van der Waals surface area contributed by atoms with Crippen LogP contribution in [0.15, 0.2) is 58.4 Å². The smallest absolute Gasteiger partial charge is 0.205 e. The Morgan fingerprint density at radius 3 is 2.55 bits per heavy atom. The van der Waals surface area contributed by atoms with Crippen molar-refractivity contribution in [1.82, 2.24) is 0 Å². The van der Waals surface area contributed by atoms with Crippen molar-refractivity contribution in [3.63, 3.8) is 0 Å². The first-order valence-electron chi connectivity index (χ1n) is 8.80. The predicted octanol–water partition coefficient (Wildman–Crippen LogP) is 4.42. The van der Waals surface area contributed by atoms with Crippen molar-refractivity contribution in [3.05, 3.63) is 69.5 Å². The zero-order valence-electron chi connectivity index (χ0n) is 15.8. The minimum atomic E-state index is -0.478. The van der Waals surface area contributed by atoms with E-state index >= 15 is 0 Å². The molecule has 0 saturated carbocycles. The summed E-state index contributed by atoms with van der Waals surface area (Å²) in [7, 11) is 3.13. The average Bonchev–Trinajstić information content (AvgIpc) is 2.72. The first-order chi connectivity index (χ1) is 14.0. The minimum absolute atomic E-state index is 0.0397. The molecule has 1 atom stereocenters. The van der Waals surface area contributed by atoms with Gasteiger partial charge in [0.05, 0.1) is 30.3 Å². The molecular weight excluding hydrogens is 434 g/mol. The standard InChI is InChI=1S/C22H18BrN3O3/c1-27-17-9-12(7-15(23)20(17)28-2)18-14(10-24)22(26)29-21-16(25)8-11-5-3-4-6-13(11)19(18)21/h3-9,18H,25-26H2,1-2H3. The van der Waals surface area contributed by atoms with Crippen molar-refractivity contribution in [1.29, 1.82) is 5.26 Å². The van der Waals surface area contributed by atoms with Crippen molar-refractivity contribution in [2.24, 2.45) is 5.73 Å². The number of hydrogen-bond donors (Lipinski definition) is 2. The van der Waals surface area contributed by atoms with Crippen molar-refractivity contribution in [2.75, 3.05) is 20.0 Å². The first-order valence-corrected chi connectivity index (χ1v) is 9.59. The van der Waals surface area contributed by atoms with Gasteiger partial charge >= 0.3 is 0 Å². The second kappa shape index (κ2) is 7.22. The maximum atomic E-state index is 9.89. The molecule has 0 radical (unpaired) electrons. The molecule has 0 bridgehead atoms. The molecule has 0 saturated heterocycles. The number of nitrogens with two attached hydrogens (primary N) is 2. The van der Waals surface area contributed by atoms with Crippen LogP contribution in [0.3, 0.4) is 0 Å². The van der Waals surface area contributed by atoms with Crippen LogP contribution in [0.4, 0.5) is 5.69 Å². The summed E-state index contributed by atoms with van der Waals surface area (Å²) in [6, 6.07) is 15.6. The summed E-state index contributed by atoms with van der Waals surface area (Å²) in [6.45, 7) is 0. The molecular formula is C22H18BrN3O3. The molecule has 4 N–H and O–H groups in total. The van der Waals surface area contributed by atoms with Gasteiger partial charge in [0.1, 0.15) is 11.6 Å². The van der Waals surface area contributed by atoms with Crippen LogP contribution in [-0.4, -0.2) is 14.2 Å². The van der Waals surface area contributed by atoms with Crippen molar-refractivity contribution in [2.45, 2.75) is 5.92 Å². The Balaban J connectivity index is 2.09. The van der Waals surface area contributed by atoms with E-state index < -0.39 is 5.92 Å². The van der Waals surface area contributed by atoms with E-state index in [-0.39, 0.29) is 5.88 Å². The third-order valence-corrected chi connectivity index (χ3v) is 5.62. The number of allylic oxidation sites excluding steroid dienone is 1. The van der Waals surface area contributed by atoms with Crippen molar-refractivity contribution < 1.29 is 14.2 Å². The molecule has 1 aliphatic heterocycles. The fourth-order valence-corrected chi connectivity index (χ4v) is 4.41. The fraction of sp³-hybridized carbons (Fsp3) is 0.136. The lowest BCUT2D eigenvalue weighted by Crippen LogP contribution is -2.22. The van der Waals surface area contributed by atoms with Gasteiger partial charge in [0.2, 0.25) is 5.88 Å². The van der Waals surface area contributed by atoms with Gasteiger partial charge in [-0.1, -0.05) is 24.3 Å². The number of halogens is 1. The van der Waals surface area contributed by atoms with Gasteiger partial charge in [0.25, 0.3) is 0 Å². The SMILES string of the molecule is COc1cc(C2C(C#N)=C(N)Oc3c(N)cc4ccccc4c32)cc(Br)c1OC. The van der Waals surface area contributed by atoms with Crippen LogP contribution in [0.25, 0.3) is 10.8 Å². The number of nitrogens with zero attached hydrogens (tertiary/aromatic N) is 1. The number of fused-ring (bicyclic) bond motifs is 3. The molecule has 146 valence electrons. The number of benzene rings is 3. The molecule has 29 heavy (non-hydrogen) atoms. The molecule has 0 amide bonds. The minimum Gasteiger partial charge on any atom is -0.493 e. The van der Waals surface area contributed by atoms with Crippen LogP contribution in [0.1, 0.15) is 17.0 Å². The van der Waals surface area contributed by atoms with E-state index in [2.05, 4.69) is 22.0 Å². The topological polar surface area (TPSA) is 104 Å². The maximum Gasteiger partial charge on any atom is 0.205 e. The third kappa shape index (κ3) is 2.93. The second-order valence-electron chi connectivity index (χ2n) is 6.59. The third-order valence-electron chi connectivity index (χ3n) is 5.03. The zero-order valence-corrected chi connectivity index (χ0v) is 17.4. The van der Waals surface area contributed by atoms with Crippen LogP contribution in [-0.2, 0) is 0 Å². The molecule has 0 spiro atoms. The number of hydrogen-bond acceptors (Lipinski definition) is 6. The summed E-state index contributed by atoms with van der Waals surface area (Å²) < 4.78 is 17.4. The van der Waals surface area contributed by atoms with Gasteiger partial charge in [-0.2, -0.15) is 5.26 Å². The molecule has 0 aliphatic carbocycles. The Bertz CT molecular complexity index is 1210. The van der Waals surface area contributed by atoms with Gasteiger partial charge < -0.3 is 25.7 Å². The Hall–Kier alpha value is -3.37. The zero-order chi connectivity index (χ0) is 20.7. The highest BCUT2D eigenvalue weighted by Gasteiger charge is 2.34. The number of nitrogen functional groups attached to an aromatic ring is 1. The van der Waals surface area contributed by atoms with E-state index in [1.807, 2.05) is 42.5 Å². The highest BCUT2D eigenvalue weighted by Crippen LogP contribution is 2.50. The van der Waals surface area contributed by atoms with Gasteiger partial charge in [-0.05, 0) is 50.5 Å². The van der Waals surface area contributed by atoms with Gasteiger partial charge in [-0.25, -0.2) is 0 Å². The molecule has 0 fully saturated rings. The maximum absolute atomic E-state index is 9.89. The van der Waals surface area contributed by atoms with Crippen LogP contribution in [0.5, 0.6) is 17.2 Å². The van der Waals surface area contributed by atoms with Gasteiger partial charge in [0.15, 0.2) is 17.2 Å². The molecule has 1 aliphatic rings. The van der Waals surface area contributed by atoms with Crippen LogP contribution < -0.4 is 25.7 Å². The largest absolute Gasteiger partial charge is 0.493 e. The number of anilines is 1. The Morgan fingerprint density at radius 2 is 1.86 bits per heavy atom. The number of ether oxygens (including phenoxy) is 3. The monoisotopic (exact) mass is 451 g/mol. The Kier molecular flexibility index (Phi) is 4.73. The average molecular weight is 452 g/mol. The Morgan fingerprint density at radius 1 is 1.10 bits per heavy atom. The molecule has 1 unspecified atom stereocenters. The van der Waals surface area contributed by atoms with Crippen LogP contribution in [0, 0.1) is 11.3 Å². The number of nitriles is 1. The highest BCUT2D eigenvalue weighted by molar-refractivity contribution is 9.10. The molecule has 1 heterocycles. The predicted molar refractivity (Wildman–Crippen MR) is 115 cm³/mol. The van der Waals surface area contributed by atoms with Crippen LogP contribution in [0.2, 0.25) is 0 Å². The van der Waals surface area contributed by atoms with Crippen LogP contribution >= 0.6 is 15.9 Å². The summed E-state index contributed by atoms with van der Waals surface area (Å²) in [4.78, 5) is 0. The number of rotatable bonds is 3. The normalized spacial score (nSPS) is 15.4. The van der Waals surface area contributed by atoms with Gasteiger partial charge in [0, 0.05) is 5.56 Å². The van der Waals surface area contributed by atoms with Gasteiger partial charge in [-0.3, -0.25) is 0 Å². The second-order valence-corrected chi connectivity index (χ2v) is 7.45. The lowest BCUT2D eigenvalue weighted by molar-refractivity contribution is 0.352. The molecule has 0 aromatic heterocycles. The molecule has 4 rings (SSSR count). The summed E-state index contributed by atoms with van der Waals surface area (Å²) in [5, 5.41) is 11.8. The Labute approximate surface area is 176 Å². The van der Waals surface area contributed by atoms with Gasteiger partial charge in [-0.15, -0.1) is 0 Å². The molecule has 7 heteroatoms. The highest BCUT2D eigenvalue weighted by atomic mass is 79.9. The fourth-order valence-electron chi connectivity index (χ4n) is 3.79. The summed E-state index contributed by atoms with van der Waals surface area (Å²) in [5.41, 5.74) is 14.8. The summed E-state index contributed by atoms with van der Waals surface area (Å²) >= 11 is 3.54. The first kappa shape index (κ1) is 19.0. The summed E-state index contributed by atoms with van der Waals surface area (Å²) in [6.07, 6.45) is 0. The van der Waals surface area contributed by atoms with E-state index in [1.54, 1.807) is 14.2 Å². The van der Waals surface area contributed by atoms with E-state index in [9.17, 15) is 5.26 Å². The summed E-state index contributed by atoms with van der Waals surface area (Å²) in [5.74, 6) is 1.13. The quantitative estimate of drug-likeness (QED) is 0.571. The molecule has 3 aromatic rings. The van der Waals surface area contributed by atoms with Crippen molar-refractivity contribution in [3.8, 4) is 23.3 Å². The molecule has 3 aromatic carbocycles. The molecule has 6 nitrogen and oxygen atoms in total.